The predicted molar refractivity (Wildman–Crippen MR) is 83.0 cm³/mol. The number of rotatable bonds is 6. The van der Waals surface area contributed by atoms with E-state index in [-0.39, 0.29) is 5.41 Å². The van der Waals surface area contributed by atoms with Gasteiger partial charge in [-0.2, -0.15) is 0 Å². The van der Waals surface area contributed by atoms with Gasteiger partial charge in [0, 0.05) is 23.8 Å². The molecule has 0 saturated carbocycles. The first-order chi connectivity index (χ1) is 10.00. The highest BCUT2D eigenvalue weighted by Crippen LogP contribution is 2.26. The summed E-state index contributed by atoms with van der Waals surface area (Å²) in [6.07, 6.45) is 8.35. The third-order valence-corrected chi connectivity index (χ3v) is 3.17. The van der Waals surface area contributed by atoms with Crippen LogP contribution in [-0.2, 0) is 4.79 Å². The van der Waals surface area contributed by atoms with Crippen LogP contribution in [0.25, 0.3) is 5.88 Å². The van der Waals surface area contributed by atoms with Crippen molar-refractivity contribution in [3.05, 3.63) is 54.1 Å². The third kappa shape index (κ3) is 4.46. The molecule has 0 N–H and O–H groups in total. The van der Waals surface area contributed by atoms with E-state index in [4.69, 9.17) is 16.3 Å². The molecule has 110 valence electrons. The van der Waals surface area contributed by atoms with Crippen LogP contribution in [0.3, 0.4) is 0 Å². The fourth-order valence-electron chi connectivity index (χ4n) is 1.78. The minimum Gasteiger partial charge on any atom is -0.441 e. The molecule has 1 heterocycles. The largest absolute Gasteiger partial charge is 0.441 e. The fourth-order valence-corrected chi connectivity index (χ4v) is 1.90. The summed E-state index contributed by atoms with van der Waals surface area (Å²) in [5.74, 6) is 1.27. The molecule has 1 aromatic heterocycles. The SMILES string of the molecule is CC(C)(C=C(Oc1ccc(Cl)cc1)n1ccnc1)CC=O. The van der Waals surface area contributed by atoms with Crippen LogP contribution in [-0.4, -0.2) is 15.8 Å². The second-order valence-electron chi connectivity index (χ2n) is 5.37. The summed E-state index contributed by atoms with van der Waals surface area (Å²) in [6, 6.07) is 7.11. The first kappa shape index (κ1) is 15.3. The van der Waals surface area contributed by atoms with Gasteiger partial charge in [0.15, 0.2) is 0 Å². The normalized spacial score (nSPS) is 12.2. The molecule has 0 aliphatic heterocycles. The van der Waals surface area contributed by atoms with Crippen LogP contribution in [0.5, 0.6) is 5.75 Å². The molecule has 0 aliphatic rings. The summed E-state index contributed by atoms with van der Waals surface area (Å²) in [5.41, 5.74) is -0.312. The second-order valence-corrected chi connectivity index (χ2v) is 5.80. The lowest BCUT2D eigenvalue weighted by Crippen LogP contribution is -2.13. The molecule has 0 radical (unpaired) electrons. The minimum atomic E-state index is -0.312. The lowest BCUT2D eigenvalue weighted by Gasteiger charge is -2.20. The Morgan fingerprint density at radius 1 is 1.38 bits per heavy atom. The molecular weight excluding hydrogens is 288 g/mol. The number of aldehydes is 1. The number of nitrogens with zero attached hydrogens (tertiary/aromatic N) is 2. The first-order valence-electron chi connectivity index (χ1n) is 6.58. The summed E-state index contributed by atoms with van der Waals surface area (Å²) >= 11 is 5.87. The second kappa shape index (κ2) is 6.59. The van der Waals surface area contributed by atoms with Gasteiger partial charge >= 0.3 is 0 Å². The van der Waals surface area contributed by atoms with Crippen LogP contribution in [0.1, 0.15) is 20.3 Å². The molecule has 0 saturated heterocycles. The zero-order valence-electron chi connectivity index (χ0n) is 12.0. The lowest BCUT2D eigenvalue weighted by atomic mass is 9.90. The van der Waals surface area contributed by atoms with Gasteiger partial charge in [-0.15, -0.1) is 0 Å². The van der Waals surface area contributed by atoms with Gasteiger partial charge in [0.25, 0.3) is 0 Å². The van der Waals surface area contributed by atoms with Crippen molar-refractivity contribution in [1.29, 1.82) is 0 Å². The van der Waals surface area contributed by atoms with E-state index in [0.29, 0.717) is 23.1 Å². The quantitative estimate of drug-likeness (QED) is 0.598. The maximum atomic E-state index is 10.8. The summed E-state index contributed by atoms with van der Waals surface area (Å²) in [7, 11) is 0. The number of imidazole rings is 1. The topological polar surface area (TPSA) is 44.1 Å². The standard InChI is InChI=1S/C16H17ClN2O2/c1-16(2,7-10-20)11-15(19-9-8-18-12-19)21-14-5-3-13(17)4-6-14/h3-6,8-12H,7H2,1-2H3. The molecule has 0 bridgehead atoms. The monoisotopic (exact) mass is 304 g/mol. The zero-order chi connectivity index (χ0) is 15.3. The van der Waals surface area contributed by atoms with E-state index >= 15 is 0 Å². The lowest BCUT2D eigenvalue weighted by molar-refractivity contribution is -0.109. The molecule has 0 atom stereocenters. The Hall–Kier alpha value is -2.07. The molecule has 0 spiro atoms. The number of carbonyl (C=O) groups is 1. The van der Waals surface area contributed by atoms with E-state index < -0.39 is 0 Å². The highest BCUT2D eigenvalue weighted by atomic mass is 35.5. The van der Waals surface area contributed by atoms with Crippen LogP contribution in [0, 0.1) is 5.41 Å². The van der Waals surface area contributed by atoms with Crippen molar-refractivity contribution in [1.82, 2.24) is 9.55 Å². The Kier molecular flexibility index (Phi) is 4.81. The van der Waals surface area contributed by atoms with Gasteiger partial charge in [-0.25, -0.2) is 4.98 Å². The van der Waals surface area contributed by atoms with Gasteiger partial charge in [0.1, 0.15) is 18.4 Å². The number of hydrogen-bond donors (Lipinski definition) is 0. The van der Waals surface area contributed by atoms with E-state index in [9.17, 15) is 4.79 Å². The average molecular weight is 305 g/mol. The van der Waals surface area contributed by atoms with Gasteiger partial charge in [0.05, 0.1) is 0 Å². The van der Waals surface area contributed by atoms with E-state index in [1.165, 1.54) is 0 Å². The van der Waals surface area contributed by atoms with Crippen LogP contribution in [0.4, 0.5) is 0 Å². The van der Waals surface area contributed by atoms with Gasteiger partial charge in [-0.05, 0) is 35.8 Å². The summed E-state index contributed by atoms with van der Waals surface area (Å²) < 4.78 is 7.67. The Morgan fingerprint density at radius 3 is 2.67 bits per heavy atom. The third-order valence-electron chi connectivity index (χ3n) is 2.92. The maximum Gasteiger partial charge on any atom is 0.201 e. The fraction of sp³-hybridized carbons (Fsp3) is 0.250. The molecule has 2 aromatic rings. The average Bonchev–Trinajstić information content (AvgIpc) is 2.94. The van der Waals surface area contributed by atoms with Gasteiger partial charge in [0.2, 0.25) is 5.88 Å². The minimum absolute atomic E-state index is 0.312. The van der Waals surface area contributed by atoms with Crippen molar-refractivity contribution in [3.63, 3.8) is 0 Å². The van der Waals surface area contributed by atoms with Crippen LogP contribution < -0.4 is 4.74 Å². The van der Waals surface area contributed by atoms with Crippen molar-refractivity contribution in [2.45, 2.75) is 20.3 Å². The van der Waals surface area contributed by atoms with Crippen molar-refractivity contribution in [2.75, 3.05) is 0 Å². The summed E-state index contributed by atoms with van der Waals surface area (Å²) in [5, 5.41) is 0.650. The number of carbonyl (C=O) groups excluding carboxylic acids is 1. The molecule has 21 heavy (non-hydrogen) atoms. The van der Waals surface area contributed by atoms with Crippen molar-refractivity contribution in [3.8, 4) is 5.75 Å². The van der Waals surface area contributed by atoms with E-state index in [2.05, 4.69) is 4.98 Å². The van der Waals surface area contributed by atoms with Crippen LogP contribution >= 0.6 is 11.6 Å². The summed E-state index contributed by atoms with van der Waals surface area (Å²) in [6.45, 7) is 3.95. The molecule has 0 unspecified atom stereocenters. The predicted octanol–water partition coefficient (Wildman–Crippen LogP) is 4.03. The van der Waals surface area contributed by atoms with Crippen molar-refractivity contribution in [2.24, 2.45) is 5.41 Å². The molecule has 0 amide bonds. The van der Waals surface area contributed by atoms with Gasteiger partial charge < -0.3 is 9.53 Å². The first-order valence-corrected chi connectivity index (χ1v) is 6.96. The number of allylic oxidation sites excluding steroid dienone is 1. The Balaban J connectivity index is 2.31. The van der Waals surface area contributed by atoms with Crippen molar-refractivity contribution >= 4 is 23.8 Å². The van der Waals surface area contributed by atoms with E-state index in [1.807, 2.05) is 19.9 Å². The smallest absolute Gasteiger partial charge is 0.201 e. The number of aromatic nitrogens is 2. The molecular formula is C16H17ClN2O2. The van der Waals surface area contributed by atoms with Gasteiger partial charge in [-0.1, -0.05) is 25.4 Å². The van der Waals surface area contributed by atoms with Gasteiger partial charge in [-0.3, -0.25) is 4.57 Å². The van der Waals surface area contributed by atoms with E-state index in [0.717, 1.165) is 6.29 Å². The molecule has 2 rings (SSSR count). The molecule has 1 aromatic carbocycles. The zero-order valence-corrected chi connectivity index (χ0v) is 12.7. The number of benzene rings is 1. The maximum absolute atomic E-state index is 10.8. The van der Waals surface area contributed by atoms with Crippen LogP contribution in [0.2, 0.25) is 5.02 Å². The highest BCUT2D eigenvalue weighted by molar-refractivity contribution is 6.30. The Bertz CT molecular complexity index is 616. The number of ether oxygens (including phenoxy) is 1. The van der Waals surface area contributed by atoms with Crippen LogP contribution in [0.15, 0.2) is 49.1 Å². The number of hydrogen-bond acceptors (Lipinski definition) is 3. The highest BCUT2D eigenvalue weighted by Gasteiger charge is 2.17. The Labute approximate surface area is 129 Å². The molecule has 0 fully saturated rings. The summed E-state index contributed by atoms with van der Waals surface area (Å²) in [4.78, 5) is 14.8. The van der Waals surface area contributed by atoms with E-state index in [1.54, 1.807) is 47.6 Å². The molecule has 5 heteroatoms. The Morgan fingerprint density at radius 2 is 2.10 bits per heavy atom. The molecule has 0 aliphatic carbocycles. The van der Waals surface area contributed by atoms with Crippen molar-refractivity contribution < 1.29 is 9.53 Å². The molecule has 4 nitrogen and oxygen atoms in total. The number of halogens is 1.